The molecule has 0 aromatic carbocycles. The lowest BCUT2D eigenvalue weighted by Crippen LogP contribution is -2.36. The summed E-state index contributed by atoms with van der Waals surface area (Å²) >= 11 is 0. The number of nitrogens with zero attached hydrogens (tertiary/aromatic N) is 2. The second-order valence-corrected chi connectivity index (χ2v) is 5.95. The van der Waals surface area contributed by atoms with E-state index >= 15 is 0 Å². The number of hydrogen-bond donors (Lipinski definition) is 4. The molecule has 0 spiro atoms. The van der Waals surface area contributed by atoms with Gasteiger partial charge in [-0.25, -0.2) is 4.79 Å². The number of aliphatic hydroxyl groups is 3. The second kappa shape index (κ2) is 7.22. The fraction of sp³-hybridized carbons (Fsp3) is 0.600. The summed E-state index contributed by atoms with van der Waals surface area (Å²) in [5, 5.41) is 29.0. The number of anilines is 1. The van der Waals surface area contributed by atoms with Crippen LogP contribution >= 0.6 is 0 Å². The van der Waals surface area contributed by atoms with Crippen molar-refractivity contribution in [1.29, 1.82) is 0 Å². The fourth-order valence-corrected chi connectivity index (χ4v) is 2.44. The lowest BCUT2D eigenvalue weighted by molar-refractivity contribution is -0.0550. The van der Waals surface area contributed by atoms with Crippen LogP contribution in [0.25, 0.3) is 0 Å². The standard InChI is InChI=1S/C15H23N3O5/c1-8(2)4-3-5-9-6-18(15(22)17-13(9)16)14-12(21)11(20)10(7-19)23-14/h3-4,6,8,10-12,14,19-21H,5,7H2,1-2H3,(H2,16,17,22)/t10-,11-,12+,14-/m1/s1. The normalized spacial score (nSPS) is 28.1. The molecule has 1 aromatic heterocycles. The summed E-state index contributed by atoms with van der Waals surface area (Å²) in [6.07, 6.45) is 1.18. The summed E-state index contributed by atoms with van der Waals surface area (Å²) in [5.41, 5.74) is 5.69. The van der Waals surface area contributed by atoms with Gasteiger partial charge in [0.2, 0.25) is 0 Å². The van der Waals surface area contributed by atoms with Gasteiger partial charge in [-0.15, -0.1) is 0 Å². The smallest absolute Gasteiger partial charge is 0.351 e. The Kier molecular flexibility index (Phi) is 5.53. The van der Waals surface area contributed by atoms with Gasteiger partial charge in [0.1, 0.15) is 24.1 Å². The summed E-state index contributed by atoms with van der Waals surface area (Å²) in [6.45, 7) is 3.62. The number of aliphatic hydroxyl groups excluding tert-OH is 3. The quantitative estimate of drug-likeness (QED) is 0.521. The molecule has 1 aliphatic rings. The van der Waals surface area contributed by atoms with Crippen LogP contribution in [0.15, 0.2) is 23.1 Å². The van der Waals surface area contributed by atoms with E-state index in [1.54, 1.807) is 0 Å². The Hall–Kier alpha value is -1.74. The maximum atomic E-state index is 12.0. The van der Waals surface area contributed by atoms with Crippen LogP contribution in [-0.2, 0) is 11.2 Å². The van der Waals surface area contributed by atoms with E-state index in [4.69, 9.17) is 15.6 Å². The molecule has 1 fully saturated rings. The van der Waals surface area contributed by atoms with Crippen LogP contribution in [0.4, 0.5) is 5.82 Å². The number of allylic oxidation sites excluding steroid dienone is 2. The lowest BCUT2D eigenvalue weighted by Gasteiger charge is -2.18. The molecule has 0 bridgehead atoms. The molecule has 2 rings (SSSR count). The molecule has 23 heavy (non-hydrogen) atoms. The molecule has 4 atom stereocenters. The minimum atomic E-state index is -1.34. The van der Waals surface area contributed by atoms with Crippen LogP contribution in [0.5, 0.6) is 0 Å². The van der Waals surface area contributed by atoms with Crippen molar-refractivity contribution in [2.24, 2.45) is 5.92 Å². The van der Waals surface area contributed by atoms with Crippen LogP contribution in [0, 0.1) is 5.92 Å². The number of aromatic nitrogens is 2. The fourth-order valence-electron chi connectivity index (χ4n) is 2.44. The Morgan fingerprint density at radius 3 is 2.70 bits per heavy atom. The van der Waals surface area contributed by atoms with Crippen LogP contribution < -0.4 is 11.4 Å². The average molecular weight is 325 g/mol. The third-order valence-electron chi connectivity index (χ3n) is 3.71. The van der Waals surface area contributed by atoms with E-state index in [0.29, 0.717) is 17.9 Å². The third kappa shape index (κ3) is 3.78. The molecule has 128 valence electrons. The molecule has 0 saturated carbocycles. The summed E-state index contributed by atoms with van der Waals surface area (Å²) in [4.78, 5) is 15.8. The molecule has 0 aliphatic carbocycles. The van der Waals surface area contributed by atoms with Gasteiger partial charge in [0, 0.05) is 11.8 Å². The van der Waals surface area contributed by atoms with Crippen LogP contribution in [-0.4, -0.2) is 49.8 Å². The molecule has 8 heteroatoms. The molecular formula is C15H23N3O5. The zero-order valence-electron chi connectivity index (χ0n) is 13.2. The zero-order valence-corrected chi connectivity index (χ0v) is 13.2. The monoisotopic (exact) mass is 325 g/mol. The van der Waals surface area contributed by atoms with Gasteiger partial charge >= 0.3 is 5.69 Å². The number of hydrogen-bond acceptors (Lipinski definition) is 7. The van der Waals surface area contributed by atoms with E-state index in [1.807, 2.05) is 26.0 Å². The van der Waals surface area contributed by atoms with Crippen molar-refractivity contribution in [3.05, 3.63) is 34.4 Å². The van der Waals surface area contributed by atoms with Gasteiger partial charge in [-0.05, 0) is 12.3 Å². The maximum absolute atomic E-state index is 12.0. The van der Waals surface area contributed by atoms with Crippen molar-refractivity contribution in [3.8, 4) is 0 Å². The minimum Gasteiger partial charge on any atom is -0.394 e. The van der Waals surface area contributed by atoms with Crippen molar-refractivity contribution in [3.63, 3.8) is 0 Å². The van der Waals surface area contributed by atoms with Gasteiger partial charge in [0.25, 0.3) is 0 Å². The SMILES string of the molecule is CC(C)C=CCc1cn([C@@H]2O[C@H](CO)[C@@H](O)[C@@H]2O)c(=O)nc1N. The Morgan fingerprint density at radius 1 is 1.43 bits per heavy atom. The highest BCUT2D eigenvalue weighted by Gasteiger charge is 2.43. The van der Waals surface area contributed by atoms with Crippen molar-refractivity contribution in [2.45, 2.75) is 44.8 Å². The van der Waals surface area contributed by atoms with Gasteiger partial charge in [-0.1, -0.05) is 26.0 Å². The van der Waals surface area contributed by atoms with Gasteiger partial charge < -0.3 is 25.8 Å². The Labute approximate surface area is 133 Å². The summed E-state index contributed by atoms with van der Waals surface area (Å²) in [6, 6.07) is 0. The largest absolute Gasteiger partial charge is 0.394 e. The Morgan fingerprint density at radius 2 is 2.13 bits per heavy atom. The molecule has 8 nitrogen and oxygen atoms in total. The number of nitrogen functional groups attached to an aromatic ring is 1. The first-order valence-electron chi connectivity index (χ1n) is 7.51. The van der Waals surface area contributed by atoms with Gasteiger partial charge in [0.05, 0.1) is 6.61 Å². The highest BCUT2D eigenvalue weighted by atomic mass is 16.6. The molecule has 2 heterocycles. The van der Waals surface area contributed by atoms with E-state index in [-0.39, 0.29) is 5.82 Å². The molecular weight excluding hydrogens is 302 g/mol. The van der Waals surface area contributed by atoms with E-state index in [2.05, 4.69) is 4.98 Å². The zero-order chi connectivity index (χ0) is 17.1. The molecule has 0 radical (unpaired) electrons. The maximum Gasteiger partial charge on any atom is 0.351 e. The first-order valence-corrected chi connectivity index (χ1v) is 7.51. The van der Waals surface area contributed by atoms with E-state index < -0.39 is 36.8 Å². The molecule has 5 N–H and O–H groups in total. The van der Waals surface area contributed by atoms with Gasteiger partial charge in [-0.3, -0.25) is 4.57 Å². The van der Waals surface area contributed by atoms with E-state index in [0.717, 1.165) is 4.57 Å². The molecule has 1 aliphatic heterocycles. The van der Waals surface area contributed by atoms with Crippen molar-refractivity contribution in [1.82, 2.24) is 9.55 Å². The number of rotatable bonds is 5. The first kappa shape index (κ1) is 17.6. The summed E-state index contributed by atoms with van der Waals surface area (Å²) in [7, 11) is 0. The predicted octanol–water partition coefficient (Wildman–Crippen LogP) is -0.808. The van der Waals surface area contributed by atoms with Crippen molar-refractivity contribution < 1.29 is 20.1 Å². The predicted molar refractivity (Wildman–Crippen MR) is 83.6 cm³/mol. The van der Waals surface area contributed by atoms with Crippen LogP contribution in [0.3, 0.4) is 0 Å². The number of ether oxygens (including phenoxy) is 1. The van der Waals surface area contributed by atoms with Crippen LogP contribution in [0.1, 0.15) is 25.6 Å². The van der Waals surface area contributed by atoms with E-state index in [9.17, 15) is 15.0 Å². The van der Waals surface area contributed by atoms with Gasteiger partial charge in [0.15, 0.2) is 6.23 Å². The number of nitrogens with two attached hydrogens (primary N) is 1. The Bertz CT molecular complexity index is 628. The topological polar surface area (TPSA) is 131 Å². The Balaban J connectivity index is 2.30. The molecule has 1 aromatic rings. The highest BCUT2D eigenvalue weighted by molar-refractivity contribution is 5.38. The third-order valence-corrected chi connectivity index (χ3v) is 3.71. The molecule has 0 amide bonds. The second-order valence-electron chi connectivity index (χ2n) is 5.95. The minimum absolute atomic E-state index is 0.117. The van der Waals surface area contributed by atoms with Crippen LogP contribution in [0.2, 0.25) is 0 Å². The van der Waals surface area contributed by atoms with Gasteiger partial charge in [-0.2, -0.15) is 4.98 Å². The summed E-state index contributed by atoms with van der Waals surface area (Å²) < 4.78 is 6.45. The van der Waals surface area contributed by atoms with E-state index in [1.165, 1.54) is 6.20 Å². The summed E-state index contributed by atoms with van der Waals surface area (Å²) in [5.74, 6) is 0.502. The van der Waals surface area contributed by atoms with Crippen molar-refractivity contribution in [2.75, 3.05) is 12.3 Å². The average Bonchev–Trinajstić information content (AvgIpc) is 2.77. The highest BCUT2D eigenvalue weighted by Crippen LogP contribution is 2.28. The van der Waals surface area contributed by atoms with Crippen molar-refractivity contribution >= 4 is 5.82 Å². The molecule has 0 unspecified atom stereocenters. The molecule has 1 saturated heterocycles. The lowest BCUT2D eigenvalue weighted by atomic mass is 10.1. The first-order chi connectivity index (χ1) is 10.8.